The molecule has 0 fully saturated rings. The van der Waals surface area contributed by atoms with Crippen LogP contribution < -0.4 is 10.6 Å². The third-order valence-corrected chi connectivity index (χ3v) is 3.92. The minimum atomic E-state index is -0.297. The van der Waals surface area contributed by atoms with Gasteiger partial charge in [0, 0.05) is 12.7 Å². The Balaban J connectivity index is 2.43. The van der Waals surface area contributed by atoms with Crippen LogP contribution in [0.5, 0.6) is 0 Å². The minimum Gasteiger partial charge on any atom is -0.355 e. The maximum Gasteiger partial charge on any atom is 0.256 e. The highest BCUT2D eigenvalue weighted by Crippen LogP contribution is 2.22. The summed E-state index contributed by atoms with van der Waals surface area (Å²) in [6.07, 6.45) is 1.43. The molecule has 8 heteroatoms. The first-order valence-electron chi connectivity index (χ1n) is 7.86. The number of nitrogens with zero attached hydrogens (tertiary/aromatic N) is 3. The molecular weight excluding hydrogens is 338 g/mol. The highest BCUT2D eigenvalue weighted by Gasteiger charge is 2.18. The van der Waals surface area contributed by atoms with Crippen LogP contribution in [0.25, 0.3) is 0 Å². The number of carbonyl (C=O) groups excluding carboxylic acids is 2. The topological polar surface area (TPSA) is 88.4 Å². The van der Waals surface area contributed by atoms with Crippen molar-refractivity contribution in [2.45, 2.75) is 20.4 Å². The number of Topliss-reactive ketones (excluding diaryl/α,β-unsaturated/α-hetero) is 1. The van der Waals surface area contributed by atoms with E-state index in [0.29, 0.717) is 16.5 Å². The van der Waals surface area contributed by atoms with Crippen LogP contribution in [-0.2, 0) is 11.3 Å². The fourth-order valence-electron chi connectivity index (χ4n) is 2.09. The maximum atomic E-state index is 12.1. The SMILES string of the molecule is CCS/C(=N/c1c(C(=O)NC)cnn1CC(C)=O)Nc1ccccc1. The van der Waals surface area contributed by atoms with Crippen molar-refractivity contribution in [1.29, 1.82) is 0 Å². The Hall–Kier alpha value is -2.61. The number of aliphatic imine (C=N–C) groups is 1. The molecule has 2 rings (SSSR count). The molecule has 132 valence electrons. The summed E-state index contributed by atoms with van der Waals surface area (Å²) < 4.78 is 1.44. The van der Waals surface area contributed by atoms with E-state index in [4.69, 9.17) is 0 Å². The molecule has 0 bridgehead atoms. The van der Waals surface area contributed by atoms with Crippen LogP contribution in [0.2, 0.25) is 0 Å². The van der Waals surface area contributed by atoms with Crippen LogP contribution in [0, 0.1) is 0 Å². The maximum absolute atomic E-state index is 12.1. The Morgan fingerprint density at radius 1 is 1.28 bits per heavy atom. The Labute approximate surface area is 150 Å². The number of aromatic nitrogens is 2. The van der Waals surface area contributed by atoms with Gasteiger partial charge in [-0.05, 0) is 24.8 Å². The largest absolute Gasteiger partial charge is 0.355 e. The van der Waals surface area contributed by atoms with Gasteiger partial charge in [0.25, 0.3) is 5.91 Å². The van der Waals surface area contributed by atoms with Crippen molar-refractivity contribution in [1.82, 2.24) is 15.1 Å². The first kappa shape index (κ1) is 18.7. The molecule has 2 N–H and O–H groups in total. The summed E-state index contributed by atoms with van der Waals surface area (Å²) in [5.41, 5.74) is 1.22. The van der Waals surface area contributed by atoms with Gasteiger partial charge in [-0.25, -0.2) is 9.67 Å². The predicted molar refractivity (Wildman–Crippen MR) is 102 cm³/mol. The van der Waals surface area contributed by atoms with E-state index in [-0.39, 0.29) is 18.2 Å². The molecule has 0 atom stereocenters. The van der Waals surface area contributed by atoms with Gasteiger partial charge in [0.05, 0.1) is 6.20 Å². The number of thioether (sulfide) groups is 1. The minimum absolute atomic E-state index is 0.0608. The zero-order chi connectivity index (χ0) is 18.2. The smallest absolute Gasteiger partial charge is 0.256 e. The summed E-state index contributed by atoms with van der Waals surface area (Å²) in [6, 6.07) is 9.64. The van der Waals surface area contributed by atoms with Crippen LogP contribution in [-0.4, -0.2) is 39.4 Å². The number of hydrogen-bond donors (Lipinski definition) is 2. The van der Waals surface area contributed by atoms with E-state index >= 15 is 0 Å². The lowest BCUT2D eigenvalue weighted by molar-refractivity contribution is -0.117. The van der Waals surface area contributed by atoms with E-state index in [2.05, 4.69) is 20.7 Å². The molecule has 25 heavy (non-hydrogen) atoms. The first-order valence-corrected chi connectivity index (χ1v) is 8.84. The van der Waals surface area contributed by atoms with Crippen LogP contribution in [0.4, 0.5) is 11.5 Å². The third-order valence-electron chi connectivity index (χ3n) is 3.17. The summed E-state index contributed by atoms with van der Waals surface area (Å²) in [7, 11) is 1.54. The number of carbonyl (C=O) groups is 2. The number of nitrogens with one attached hydrogen (secondary N) is 2. The average Bonchev–Trinajstić information content (AvgIpc) is 2.97. The molecule has 1 aromatic carbocycles. The summed E-state index contributed by atoms with van der Waals surface area (Å²) in [6.45, 7) is 3.54. The molecule has 2 aromatic rings. The summed E-state index contributed by atoms with van der Waals surface area (Å²) in [5, 5.41) is 10.6. The molecule has 0 unspecified atom stereocenters. The second-order valence-corrected chi connectivity index (χ2v) is 6.41. The highest BCUT2D eigenvalue weighted by atomic mass is 32.2. The van der Waals surface area contributed by atoms with Gasteiger partial charge >= 0.3 is 0 Å². The summed E-state index contributed by atoms with van der Waals surface area (Å²) in [4.78, 5) is 28.2. The van der Waals surface area contributed by atoms with Crippen molar-refractivity contribution < 1.29 is 9.59 Å². The van der Waals surface area contributed by atoms with E-state index in [9.17, 15) is 9.59 Å². The fraction of sp³-hybridized carbons (Fsp3) is 0.294. The summed E-state index contributed by atoms with van der Waals surface area (Å²) >= 11 is 1.51. The molecule has 7 nitrogen and oxygen atoms in total. The number of amidine groups is 1. The number of hydrogen-bond acceptors (Lipinski definition) is 5. The molecule has 0 aliphatic carbocycles. The van der Waals surface area contributed by atoms with Crippen LogP contribution in [0.15, 0.2) is 41.5 Å². The normalized spacial score (nSPS) is 11.2. The Morgan fingerprint density at radius 2 is 2.00 bits per heavy atom. The standard InChI is InChI=1S/C17H21N5O2S/c1-4-25-17(20-13-8-6-5-7-9-13)21-15-14(16(24)18-3)10-19-22(15)11-12(2)23/h5-10H,4,11H2,1-3H3,(H,18,24)(H,20,21). The molecule has 0 radical (unpaired) electrons. The van der Waals surface area contributed by atoms with Crippen LogP contribution in [0.3, 0.4) is 0 Å². The van der Waals surface area contributed by atoms with E-state index in [1.54, 1.807) is 7.05 Å². The number of ketones is 1. The number of benzene rings is 1. The van der Waals surface area contributed by atoms with Crippen molar-refractivity contribution in [3.63, 3.8) is 0 Å². The molecular formula is C17H21N5O2S. The van der Waals surface area contributed by atoms with Gasteiger partial charge in [-0.2, -0.15) is 5.10 Å². The van der Waals surface area contributed by atoms with Crippen molar-refractivity contribution in [2.24, 2.45) is 4.99 Å². The third kappa shape index (κ3) is 5.18. The van der Waals surface area contributed by atoms with Gasteiger partial charge in [0.1, 0.15) is 12.1 Å². The zero-order valence-electron chi connectivity index (χ0n) is 14.4. The number of para-hydroxylation sites is 1. The number of anilines is 1. The molecule has 1 aromatic heterocycles. The number of amides is 1. The molecule has 1 amide bonds. The van der Waals surface area contributed by atoms with Gasteiger partial charge in [-0.15, -0.1) is 0 Å². The zero-order valence-corrected chi connectivity index (χ0v) is 15.3. The molecule has 1 heterocycles. The van der Waals surface area contributed by atoms with E-state index in [0.717, 1.165) is 11.4 Å². The lowest BCUT2D eigenvalue weighted by Crippen LogP contribution is -2.18. The van der Waals surface area contributed by atoms with E-state index < -0.39 is 0 Å². The quantitative estimate of drug-likeness (QED) is 0.611. The predicted octanol–water partition coefficient (Wildman–Crippen LogP) is 2.68. The van der Waals surface area contributed by atoms with Crippen molar-refractivity contribution in [3.05, 3.63) is 42.1 Å². The molecule has 0 saturated carbocycles. The van der Waals surface area contributed by atoms with E-state index in [1.807, 2.05) is 37.3 Å². The van der Waals surface area contributed by atoms with E-state index in [1.165, 1.54) is 29.6 Å². The molecule has 0 aliphatic heterocycles. The lowest BCUT2D eigenvalue weighted by atomic mass is 10.3. The van der Waals surface area contributed by atoms with Crippen molar-refractivity contribution >= 4 is 40.1 Å². The Bertz CT molecular complexity index is 771. The van der Waals surface area contributed by atoms with Gasteiger partial charge in [0.15, 0.2) is 16.8 Å². The monoisotopic (exact) mass is 359 g/mol. The Morgan fingerprint density at radius 3 is 2.60 bits per heavy atom. The van der Waals surface area contributed by atoms with Crippen LogP contribution >= 0.6 is 11.8 Å². The first-order chi connectivity index (χ1) is 12.0. The fourth-order valence-corrected chi connectivity index (χ4v) is 2.71. The lowest BCUT2D eigenvalue weighted by Gasteiger charge is -2.10. The van der Waals surface area contributed by atoms with Crippen LogP contribution in [0.1, 0.15) is 24.2 Å². The van der Waals surface area contributed by atoms with Gasteiger partial charge in [-0.3, -0.25) is 9.59 Å². The Kier molecular flexibility index (Phi) is 6.76. The summed E-state index contributed by atoms with van der Waals surface area (Å²) in [5.74, 6) is 0.793. The second-order valence-electron chi connectivity index (χ2n) is 5.16. The van der Waals surface area contributed by atoms with Gasteiger partial charge < -0.3 is 10.6 Å². The van der Waals surface area contributed by atoms with Gasteiger partial charge in [0.2, 0.25) is 0 Å². The molecule has 0 aliphatic rings. The van der Waals surface area contributed by atoms with Gasteiger partial charge in [-0.1, -0.05) is 36.9 Å². The molecule has 0 spiro atoms. The van der Waals surface area contributed by atoms with Crippen molar-refractivity contribution in [2.75, 3.05) is 18.1 Å². The average molecular weight is 359 g/mol. The van der Waals surface area contributed by atoms with Crippen molar-refractivity contribution in [3.8, 4) is 0 Å². The molecule has 0 saturated heterocycles. The second kappa shape index (κ2) is 9.03. The number of rotatable bonds is 6. The highest BCUT2D eigenvalue weighted by molar-refractivity contribution is 8.14.